The number of carboxylic acid groups (broad SMARTS) is 1. The predicted octanol–water partition coefficient (Wildman–Crippen LogP) is -3.01. The number of unbranched alkanes of at least 4 members (excludes halogenated alkanes) is 2. The predicted molar refractivity (Wildman–Crippen MR) is 237 cm³/mol. The lowest BCUT2D eigenvalue weighted by atomic mass is 10.0. The minimum Gasteiger partial charge on any atom is -0.508 e. The molecular weight excluding hydrogens is 825 g/mol. The van der Waals surface area contributed by atoms with Crippen LogP contribution in [0.1, 0.15) is 76.7 Å². The van der Waals surface area contributed by atoms with Crippen LogP contribution in [0.5, 0.6) is 5.75 Å². The summed E-state index contributed by atoms with van der Waals surface area (Å²) in [6.45, 7) is 5.79. The molecule has 0 aliphatic carbocycles. The van der Waals surface area contributed by atoms with Crippen molar-refractivity contribution in [3.05, 3.63) is 29.8 Å². The van der Waals surface area contributed by atoms with Crippen LogP contribution in [0, 0.1) is 0 Å². The summed E-state index contributed by atoms with van der Waals surface area (Å²) in [5.41, 5.74) is 10.3. The lowest BCUT2D eigenvalue weighted by molar-refractivity contribution is -0.137. The maximum absolute atomic E-state index is 13.3. The van der Waals surface area contributed by atoms with Gasteiger partial charge in [0.05, 0.1) is 0 Å². The molecule has 1 aromatic carbocycles. The zero-order valence-corrected chi connectivity index (χ0v) is 36.8. The third-order valence-electron chi connectivity index (χ3n) is 10.0. The number of carbonyl (C=O) groups is 7. The number of hydrogen-bond acceptors (Lipinski definition) is 15. The number of phenolic OH excluding ortho intramolecular Hbond substituents is 1. The molecule has 0 saturated carbocycles. The van der Waals surface area contributed by atoms with Crippen molar-refractivity contribution < 1.29 is 43.8 Å². The van der Waals surface area contributed by atoms with Crippen LogP contribution in [-0.2, 0) is 40.0 Å². The minimum atomic E-state index is -1.04. The Hall–Kier alpha value is -4.58. The third kappa shape index (κ3) is 22.0. The number of phenols is 1. The summed E-state index contributed by atoms with van der Waals surface area (Å²) in [5.74, 6) is -3.23. The van der Waals surface area contributed by atoms with Gasteiger partial charge < -0.3 is 64.2 Å². The first-order valence-electron chi connectivity index (χ1n) is 21.4. The first kappa shape index (κ1) is 53.6. The molecule has 0 spiro atoms. The fourth-order valence-electron chi connectivity index (χ4n) is 6.60. The first-order chi connectivity index (χ1) is 29.6. The van der Waals surface area contributed by atoms with Crippen molar-refractivity contribution in [1.29, 1.82) is 0 Å². The summed E-state index contributed by atoms with van der Waals surface area (Å²) < 4.78 is 0. The number of aromatic hydroxyl groups is 1. The molecule has 62 heavy (non-hydrogen) atoms. The van der Waals surface area contributed by atoms with Gasteiger partial charge in [-0.2, -0.15) is 12.6 Å². The second-order valence-corrected chi connectivity index (χ2v) is 15.7. The van der Waals surface area contributed by atoms with Crippen molar-refractivity contribution in [3.8, 4) is 5.75 Å². The van der Waals surface area contributed by atoms with Crippen LogP contribution in [0.4, 0.5) is 0 Å². The van der Waals surface area contributed by atoms with Gasteiger partial charge in [0.1, 0.15) is 29.2 Å². The van der Waals surface area contributed by atoms with E-state index in [9.17, 15) is 38.7 Å². The highest BCUT2D eigenvalue weighted by Crippen LogP contribution is 2.12. The smallest absolute Gasteiger partial charge is 0.303 e. The number of amides is 6. The fraction of sp³-hybridized carbons (Fsp3) is 0.675. The van der Waals surface area contributed by atoms with Gasteiger partial charge in [0.15, 0.2) is 0 Å². The summed E-state index contributed by atoms with van der Waals surface area (Å²) in [6, 6.07) is 4.52. The zero-order valence-electron chi connectivity index (χ0n) is 35.9. The van der Waals surface area contributed by atoms with Crippen LogP contribution >= 0.6 is 12.6 Å². The summed E-state index contributed by atoms with van der Waals surface area (Å²) >= 11 is 4.01. The second-order valence-electron chi connectivity index (χ2n) is 15.4. The van der Waals surface area contributed by atoms with Gasteiger partial charge in [-0.1, -0.05) is 25.5 Å². The summed E-state index contributed by atoms with van der Waals surface area (Å²) in [6.07, 6.45) is 2.36. The molecule has 16 N–H and O–H groups in total. The average Bonchev–Trinajstić information content (AvgIpc) is 3.22. The van der Waals surface area contributed by atoms with Crippen molar-refractivity contribution in [2.45, 2.75) is 101 Å². The highest BCUT2D eigenvalue weighted by atomic mass is 32.1. The van der Waals surface area contributed by atoms with E-state index in [4.69, 9.17) is 16.6 Å². The number of nitrogens with one attached hydrogen (secondary N) is 10. The molecule has 1 heterocycles. The molecule has 2 rings (SSSR count). The van der Waals surface area contributed by atoms with Gasteiger partial charge >= 0.3 is 5.97 Å². The number of benzene rings is 1. The van der Waals surface area contributed by atoms with E-state index in [1.54, 1.807) is 12.1 Å². The highest BCUT2D eigenvalue weighted by molar-refractivity contribution is 7.80. The topological polar surface area (TPSA) is 332 Å². The van der Waals surface area contributed by atoms with Gasteiger partial charge in [0, 0.05) is 103 Å². The number of nitrogens with two attached hydrogens (primary N) is 2. The zero-order chi connectivity index (χ0) is 45.8. The van der Waals surface area contributed by atoms with Crippen molar-refractivity contribution in [3.63, 3.8) is 0 Å². The van der Waals surface area contributed by atoms with E-state index in [-0.39, 0.29) is 87.1 Å². The lowest BCUT2D eigenvalue weighted by Gasteiger charge is -2.39. The molecule has 1 aliphatic rings. The molecule has 0 radical (unpaired) electrons. The Morgan fingerprint density at radius 2 is 1.29 bits per heavy atom. The molecule has 22 heteroatoms. The quantitative estimate of drug-likeness (QED) is 0.0309. The maximum Gasteiger partial charge on any atom is 0.303 e. The van der Waals surface area contributed by atoms with Gasteiger partial charge in [-0.3, -0.25) is 44.2 Å². The number of rotatable bonds is 27. The van der Waals surface area contributed by atoms with Crippen LogP contribution < -0.4 is 64.6 Å². The summed E-state index contributed by atoms with van der Waals surface area (Å²) in [7, 11) is 0. The molecule has 1 unspecified atom stereocenters. The number of thiol groups is 1. The lowest BCUT2D eigenvalue weighted by Crippen LogP contribution is -2.72. The molecule has 4 atom stereocenters. The van der Waals surface area contributed by atoms with Crippen LogP contribution in [0.25, 0.3) is 0 Å². The second kappa shape index (κ2) is 29.7. The fourth-order valence-corrected chi connectivity index (χ4v) is 6.87. The van der Waals surface area contributed by atoms with Gasteiger partial charge in [0.25, 0.3) is 0 Å². The van der Waals surface area contributed by atoms with E-state index in [1.807, 2.05) is 6.92 Å². The van der Waals surface area contributed by atoms with Crippen molar-refractivity contribution in [1.82, 2.24) is 53.2 Å². The normalized spacial score (nSPS) is 19.3. The molecule has 21 nitrogen and oxygen atoms in total. The molecular formula is C40H70N12O9S. The molecule has 6 amide bonds. The Kier molecular flexibility index (Phi) is 25.6. The maximum atomic E-state index is 13.3. The standard InChI is InChI=1S/C40H70N12O9S/c1-2-43-26-40(52-35(57)11-7-12-36(58)59)27-45-19-18-44-25-39(24-41,47-20-21-48-40)51-34(56)10-6-9-33(55)49-30(22-28-13-15-29(53)16-14-28)38(61)46-17-5-3-4-8-32(54)50-31(23-62)37(42)60/h13-16,30-31,43-45,47-48,53,62H,2-12,17-27,41H2,1H3,(H2,42,60)(H,46,61)(H,49,55)(H,50,54)(H,51,56)(H,52,57)(H,58,59)/t30-,31?,39+,40-/m0/s1. The molecule has 1 saturated heterocycles. The van der Waals surface area contributed by atoms with Crippen LogP contribution in [0.15, 0.2) is 24.3 Å². The van der Waals surface area contributed by atoms with E-state index >= 15 is 0 Å². The number of carboxylic acids is 1. The molecule has 0 aromatic heterocycles. The monoisotopic (exact) mass is 895 g/mol. The van der Waals surface area contributed by atoms with E-state index in [2.05, 4.69) is 65.8 Å². The SMILES string of the molecule is CCNC[C@]1(NC(=O)CCCC(=O)O)CNCCNC[C@@](CN)(NC(=O)CCCC(=O)N[C@@H](Cc2ccc(O)cc2)C(=O)NCCCCCC(=O)NC(CS)C(N)=O)NCCN1. The van der Waals surface area contributed by atoms with Crippen LogP contribution in [0.3, 0.4) is 0 Å². The molecule has 1 aliphatic heterocycles. The van der Waals surface area contributed by atoms with E-state index in [0.717, 1.165) is 0 Å². The van der Waals surface area contributed by atoms with Crippen molar-refractivity contribution >= 4 is 54.0 Å². The molecule has 0 bridgehead atoms. The first-order valence-corrected chi connectivity index (χ1v) is 22.0. The Labute approximate surface area is 369 Å². The van der Waals surface area contributed by atoms with Crippen LogP contribution in [0.2, 0.25) is 0 Å². The Morgan fingerprint density at radius 1 is 0.742 bits per heavy atom. The van der Waals surface area contributed by atoms with E-state index in [1.165, 1.54) is 12.1 Å². The summed E-state index contributed by atoms with van der Waals surface area (Å²) in [5, 5.41) is 49.7. The number of likely N-dealkylation sites (N-methyl/N-ethyl adjacent to an activating group) is 1. The van der Waals surface area contributed by atoms with Gasteiger partial charge in [-0.25, -0.2) is 0 Å². The Bertz CT molecular complexity index is 1580. The van der Waals surface area contributed by atoms with Gasteiger partial charge in [0.2, 0.25) is 35.4 Å². The van der Waals surface area contributed by atoms with Crippen molar-refractivity contribution in [2.24, 2.45) is 11.5 Å². The molecule has 350 valence electrons. The minimum absolute atomic E-state index is 0.00103. The van der Waals surface area contributed by atoms with Crippen LogP contribution in [-0.4, -0.2) is 146 Å². The largest absolute Gasteiger partial charge is 0.508 e. The number of hydrogen-bond donors (Lipinski definition) is 15. The molecule has 1 fully saturated rings. The average molecular weight is 895 g/mol. The van der Waals surface area contributed by atoms with E-state index in [0.29, 0.717) is 83.7 Å². The number of primary amides is 1. The Morgan fingerprint density at radius 3 is 1.87 bits per heavy atom. The third-order valence-corrected chi connectivity index (χ3v) is 10.4. The Balaban J connectivity index is 1.94. The highest BCUT2D eigenvalue weighted by Gasteiger charge is 2.33. The summed E-state index contributed by atoms with van der Waals surface area (Å²) in [4.78, 5) is 87.0. The molecule has 1 aromatic rings. The van der Waals surface area contributed by atoms with Gasteiger partial charge in [-0.05, 0) is 49.9 Å². The van der Waals surface area contributed by atoms with Crippen molar-refractivity contribution in [2.75, 3.05) is 71.2 Å². The number of carbonyl (C=O) groups excluding carboxylic acids is 6. The van der Waals surface area contributed by atoms with Gasteiger partial charge in [-0.15, -0.1) is 0 Å². The number of aliphatic carboxylic acids is 1. The van der Waals surface area contributed by atoms with E-state index < -0.39 is 47.1 Å².